The number of fused-ring (bicyclic) bond motifs is 1. The van der Waals surface area contributed by atoms with Gasteiger partial charge in [-0.15, -0.1) is 11.3 Å². The van der Waals surface area contributed by atoms with Crippen molar-refractivity contribution in [3.63, 3.8) is 0 Å². The van der Waals surface area contributed by atoms with Gasteiger partial charge in [0.2, 0.25) is 0 Å². The van der Waals surface area contributed by atoms with Gasteiger partial charge in [-0.25, -0.2) is 0 Å². The maximum Gasteiger partial charge on any atom is 0.134 e. The van der Waals surface area contributed by atoms with Crippen LogP contribution >= 0.6 is 11.3 Å². The Bertz CT molecular complexity index is 578. The lowest BCUT2D eigenvalue weighted by atomic mass is 10.1. The highest BCUT2D eigenvalue weighted by molar-refractivity contribution is 7.09. The summed E-state index contributed by atoms with van der Waals surface area (Å²) in [5, 5.41) is 14.0. The van der Waals surface area contributed by atoms with E-state index in [9.17, 15) is 0 Å². The molecule has 2 aromatic rings. The molecule has 0 spiro atoms. The summed E-state index contributed by atoms with van der Waals surface area (Å²) in [6.45, 7) is 0.859. The summed E-state index contributed by atoms with van der Waals surface area (Å²) in [6.07, 6.45) is 0. The first-order chi connectivity index (χ1) is 8.86. The molecule has 0 unspecified atom stereocenters. The Morgan fingerprint density at radius 2 is 2.33 bits per heavy atom. The van der Waals surface area contributed by atoms with Crippen LogP contribution in [-0.4, -0.2) is 17.5 Å². The number of rotatable bonds is 3. The molecule has 0 atom stereocenters. The van der Waals surface area contributed by atoms with Gasteiger partial charge in [-0.2, -0.15) is 0 Å². The molecule has 0 saturated heterocycles. The fourth-order valence-corrected chi connectivity index (χ4v) is 2.42. The van der Waals surface area contributed by atoms with Gasteiger partial charge in [0.25, 0.3) is 0 Å². The van der Waals surface area contributed by atoms with Crippen molar-refractivity contribution >= 4 is 17.0 Å². The second kappa shape index (κ2) is 4.70. The van der Waals surface area contributed by atoms with Crippen molar-refractivity contribution in [1.82, 2.24) is 0 Å². The van der Waals surface area contributed by atoms with Gasteiger partial charge in [0, 0.05) is 16.5 Å². The van der Waals surface area contributed by atoms with Crippen LogP contribution in [0, 0.1) is 0 Å². The van der Waals surface area contributed by atoms with E-state index in [0.29, 0.717) is 24.7 Å². The molecule has 92 valence electrons. The van der Waals surface area contributed by atoms with Crippen LogP contribution in [0.15, 0.2) is 40.9 Å². The van der Waals surface area contributed by atoms with Gasteiger partial charge < -0.3 is 14.7 Å². The van der Waals surface area contributed by atoms with Crippen molar-refractivity contribution in [2.24, 2.45) is 5.16 Å². The van der Waals surface area contributed by atoms with Crippen molar-refractivity contribution in [2.75, 3.05) is 6.61 Å². The van der Waals surface area contributed by atoms with Crippen LogP contribution in [0.1, 0.15) is 10.4 Å². The summed E-state index contributed by atoms with van der Waals surface area (Å²) in [7, 11) is 0. The van der Waals surface area contributed by atoms with Crippen molar-refractivity contribution in [1.29, 1.82) is 0 Å². The lowest BCUT2D eigenvalue weighted by molar-refractivity contribution is 0.305. The highest BCUT2D eigenvalue weighted by atomic mass is 32.1. The monoisotopic (exact) mass is 261 g/mol. The second-order valence-corrected chi connectivity index (χ2v) is 4.89. The molecule has 2 heterocycles. The van der Waals surface area contributed by atoms with Crippen LogP contribution in [0.2, 0.25) is 0 Å². The van der Waals surface area contributed by atoms with Gasteiger partial charge in [-0.1, -0.05) is 11.2 Å². The van der Waals surface area contributed by atoms with Crippen molar-refractivity contribution in [3.8, 4) is 11.5 Å². The molecule has 1 N–H and O–H groups in total. The van der Waals surface area contributed by atoms with E-state index in [1.165, 1.54) is 4.88 Å². The van der Waals surface area contributed by atoms with E-state index >= 15 is 0 Å². The number of benzene rings is 1. The number of thiophene rings is 1. The summed E-state index contributed by atoms with van der Waals surface area (Å²) in [5.74, 6) is 1.45. The van der Waals surface area contributed by atoms with Crippen LogP contribution in [0.3, 0.4) is 0 Å². The van der Waals surface area contributed by atoms with Crippen LogP contribution in [-0.2, 0) is 6.61 Å². The molecular formula is C13H11NO3S. The first kappa shape index (κ1) is 11.1. The smallest absolute Gasteiger partial charge is 0.134 e. The van der Waals surface area contributed by atoms with E-state index in [1.54, 1.807) is 11.3 Å². The minimum absolute atomic E-state index is 0.306. The molecule has 1 aliphatic heterocycles. The number of oxime groups is 1. The molecular weight excluding hydrogens is 250 g/mol. The van der Waals surface area contributed by atoms with Gasteiger partial charge >= 0.3 is 0 Å². The predicted octanol–water partition coefficient (Wildman–Crippen LogP) is 2.90. The molecule has 1 aromatic carbocycles. The highest BCUT2D eigenvalue weighted by Crippen LogP contribution is 2.30. The Labute approximate surface area is 108 Å². The van der Waals surface area contributed by atoms with Crippen molar-refractivity contribution in [2.45, 2.75) is 6.61 Å². The Kier molecular flexibility index (Phi) is 2.90. The summed E-state index contributed by atoms with van der Waals surface area (Å²) in [5.41, 5.74) is 1.37. The zero-order valence-electron chi connectivity index (χ0n) is 9.50. The quantitative estimate of drug-likeness (QED) is 0.682. The Morgan fingerprint density at radius 1 is 1.39 bits per heavy atom. The van der Waals surface area contributed by atoms with Crippen LogP contribution in [0.5, 0.6) is 11.5 Å². The molecule has 4 nitrogen and oxygen atoms in total. The number of hydrogen-bond donors (Lipinski definition) is 1. The molecule has 0 amide bonds. The van der Waals surface area contributed by atoms with Gasteiger partial charge in [-0.3, -0.25) is 0 Å². The maximum atomic E-state index is 8.79. The van der Waals surface area contributed by atoms with E-state index in [4.69, 9.17) is 14.7 Å². The molecule has 0 fully saturated rings. The maximum absolute atomic E-state index is 8.79. The van der Waals surface area contributed by atoms with Gasteiger partial charge in [0.15, 0.2) is 0 Å². The van der Waals surface area contributed by atoms with E-state index in [0.717, 1.165) is 11.3 Å². The minimum atomic E-state index is 0.306. The Hall–Kier alpha value is -2.01. The van der Waals surface area contributed by atoms with Crippen LogP contribution in [0.4, 0.5) is 0 Å². The van der Waals surface area contributed by atoms with E-state index in [-0.39, 0.29) is 0 Å². The lowest BCUT2D eigenvalue weighted by Gasteiger charge is -2.06. The molecule has 1 aromatic heterocycles. The molecule has 1 aliphatic rings. The van der Waals surface area contributed by atoms with Crippen LogP contribution in [0.25, 0.3) is 0 Å². The molecule has 3 rings (SSSR count). The summed E-state index contributed by atoms with van der Waals surface area (Å²) >= 11 is 1.66. The molecule has 0 aliphatic carbocycles. The highest BCUT2D eigenvalue weighted by Gasteiger charge is 2.20. The van der Waals surface area contributed by atoms with E-state index < -0.39 is 0 Å². The van der Waals surface area contributed by atoms with Gasteiger partial charge in [-0.05, 0) is 23.6 Å². The average Bonchev–Trinajstić information content (AvgIpc) is 3.05. The Morgan fingerprint density at radius 3 is 3.11 bits per heavy atom. The number of nitrogens with zero attached hydrogens (tertiary/aromatic N) is 1. The normalized spacial score (nSPS) is 15.4. The number of ether oxygens (including phenoxy) is 2. The summed E-state index contributed by atoms with van der Waals surface area (Å²) in [4.78, 5) is 1.18. The standard InChI is InChI=1S/C13H11NO3S/c15-14-12-8-17-13-6-9(3-4-11(12)13)16-7-10-2-1-5-18-10/h1-6,15H,7-8H2. The SMILES string of the molecule is ON=C1COc2cc(OCc3cccs3)ccc21. The summed E-state index contributed by atoms with van der Waals surface area (Å²) < 4.78 is 11.1. The lowest BCUT2D eigenvalue weighted by Crippen LogP contribution is -2.01. The number of hydrogen-bond acceptors (Lipinski definition) is 5. The van der Waals surface area contributed by atoms with Crippen molar-refractivity contribution in [3.05, 3.63) is 46.2 Å². The zero-order valence-corrected chi connectivity index (χ0v) is 10.3. The third-order valence-electron chi connectivity index (χ3n) is 2.71. The largest absolute Gasteiger partial charge is 0.488 e. The van der Waals surface area contributed by atoms with E-state index in [2.05, 4.69) is 5.16 Å². The fraction of sp³-hybridized carbons (Fsp3) is 0.154. The van der Waals surface area contributed by atoms with Gasteiger partial charge in [0.1, 0.15) is 30.4 Å². The minimum Gasteiger partial charge on any atom is -0.488 e. The molecule has 18 heavy (non-hydrogen) atoms. The average molecular weight is 261 g/mol. The second-order valence-electron chi connectivity index (χ2n) is 3.86. The molecule has 5 heteroatoms. The third-order valence-corrected chi connectivity index (χ3v) is 3.56. The van der Waals surface area contributed by atoms with Gasteiger partial charge in [0.05, 0.1) is 0 Å². The predicted molar refractivity (Wildman–Crippen MR) is 68.9 cm³/mol. The fourth-order valence-electron chi connectivity index (χ4n) is 1.81. The van der Waals surface area contributed by atoms with Crippen molar-refractivity contribution < 1.29 is 14.7 Å². The third kappa shape index (κ3) is 2.04. The Balaban J connectivity index is 1.75. The summed E-state index contributed by atoms with van der Waals surface area (Å²) in [6, 6.07) is 9.55. The molecule has 0 saturated carbocycles. The molecule has 0 radical (unpaired) electrons. The molecule has 0 bridgehead atoms. The van der Waals surface area contributed by atoms with E-state index in [1.807, 2.05) is 35.7 Å². The van der Waals surface area contributed by atoms with Crippen LogP contribution < -0.4 is 9.47 Å². The topological polar surface area (TPSA) is 51.1 Å². The zero-order chi connectivity index (χ0) is 12.4. The first-order valence-electron chi connectivity index (χ1n) is 5.50. The first-order valence-corrected chi connectivity index (χ1v) is 6.38.